The second-order valence-corrected chi connectivity index (χ2v) is 5.16. The molecule has 0 aliphatic rings. The quantitative estimate of drug-likeness (QED) is 0.757. The SMILES string of the molecule is Fc1cc(F)c(CNc2ccc(Br)cc2Cl)cc1F. The molecule has 0 bridgehead atoms. The molecule has 0 atom stereocenters. The van der Waals surface area contributed by atoms with Gasteiger partial charge in [-0.3, -0.25) is 0 Å². The fourth-order valence-corrected chi connectivity index (χ4v) is 2.26. The Labute approximate surface area is 121 Å². The molecule has 0 radical (unpaired) electrons. The molecule has 0 spiro atoms. The third-order valence-corrected chi connectivity index (χ3v) is 3.30. The summed E-state index contributed by atoms with van der Waals surface area (Å²) in [6, 6.07) is 6.48. The van der Waals surface area contributed by atoms with E-state index in [-0.39, 0.29) is 12.1 Å². The lowest BCUT2D eigenvalue weighted by Gasteiger charge is -2.10. The maximum absolute atomic E-state index is 13.4. The number of rotatable bonds is 3. The van der Waals surface area contributed by atoms with Gasteiger partial charge in [0.25, 0.3) is 0 Å². The van der Waals surface area contributed by atoms with Crippen molar-refractivity contribution in [2.75, 3.05) is 5.32 Å². The number of benzene rings is 2. The lowest BCUT2D eigenvalue weighted by molar-refractivity contribution is 0.490. The van der Waals surface area contributed by atoms with Crippen LogP contribution in [0.1, 0.15) is 5.56 Å². The van der Waals surface area contributed by atoms with Gasteiger partial charge in [-0.05, 0) is 24.3 Å². The molecule has 0 unspecified atom stereocenters. The van der Waals surface area contributed by atoms with E-state index < -0.39 is 17.5 Å². The first-order chi connectivity index (χ1) is 8.97. The Morgan fingerprint density at radius 2 is 1.68 bits per heavy atom. The van der Waals surface area contributed by atoms with Gasteiger partial charge in [0.05, 0.1) is 10.7 Å². The van der Waals surface area contributed by atoms with E-state index in [1.807, 2.05) is 0 Å². The molecule has 0 heterocycles. The molecule has 0 aliphatic carbocycles. The second kappa shape index (κ2) is 5.84. The Hall–Kier alpha value is -1.20. The van der Waals surface area contributed by atoms with Gasteiger partial charge >= 0.3 is 0 Å². The Morgan fingerprint density at radius 1 is 1.00 bits per heavy atom. The van der Waals surface area contributed by atoms with E-state index in [1.54, 1.807) is 18.2 Å². The number of anilines is 1. The van der Waals surface area contributed by atoms with Gasteiger partial charge in [0.15, 0.2) is 11.6 Å². The molecule has 0 fully saturated rings. The predicted octanol–water partition coefficient (Wildman–Crippen LogP) is 5.13. The highest BCUT2D eigenvalue weighted by molar-refractivity contribution is 9.10. The van der Waals surface area contributed by atoms with Crippen molar-refractivity contribution in [2.24, 2.45) is 0 Å². The van der Waals surface area contributed by atoms with Crippen LogP contribution in [-0.2, 0) is 6.54 Å². The average Bonchev–Trinajstić information content (AvgIpc) is 2.34. The van der Waals surface area contributed by atoms with E-state index in [9.17, 15) is 13.2 Å². The molecule has 2 rings (SSSR count). The van der Waals surface area contributed by atoms with E-state index in [0.29, 0.717) is 16.8 Å². The van der Waals surface area contributed by atoms with Crippen molar-refractivity contribution < 1.29 is 13.2 Å². The van der Waals surface area contributed by atoms with Crippen LogP contribution in [0.4, 0.5) is 18.9 Å². The minimum Gasteiger partial charge on any atom is -0.380 e. The van der Waals surface area contributed by atoms with Crippen molar-refractivity contribution in [3.05, 3.63) is 62.8 Å². The summed E-state index contributed by atoms with van der Waals surface area (Å²) in [7, 11) is 0. The summed E-state index contributed by atoms with van der Waals surface area (Å²) in [6.07, 6.45) is 0. The molecule has 2 aromatic rings. The summed E-state index contributed by atoms with van der Waals surface area (Å²) in [4.78, 5) is 0. The van der Waals surface area contributed by atoms with Crippen LogP contribution in [-0.4, -0.2) is 0 Å². The van der Waals surface area contributed by atoms with Crippen LogP contribution in [0, 0.1) is 17.5 Å². The Morgan fingerprint density at radius 3 is 2.37 bits per heavy atom. The van der Waals surface area contributed by atoms with Crippen LogP contribution in [0.25, 0.3) is 0 Å². The van der Waals surface area contributed by atoms with E-state index in [0.717, 1.165) is 10.5 Å². The topological polar surface area (TPSA) is 12.0 Å². The Balaban J connectivity index is 2.16. The van der Waals surface area contributed by atoms with Crippen LogP contribution in [0.15, 0.2) is 34.8 Å². The molecule has 6 heteroatoms. The second-order valence-electron chi connectivity index (χ2n) is 3.84. The van der Waals surface area contributed by atoms with Gasteiger partial charge in [-0.2, -0.15) is 0 Å². The molecular formula is C13H8BrClF3N. The molecule has 19 heavy (non-hydrogen) atoms. The minimum absolute atomic E-state index is 0.00435. The maximum Gasteiger partial charge on any atom is 0.161 e. The summed E-state index contributed by atoms with van der Waals surface area (Å²) in [6.45, 7) is 0.00435. The van der Waals surface area contributed by atoms with Gasteiger partial charge in [-0.1, -0.05) is 27.5 Å². The molecule has 1 nitrogen and oxygen atoms in total. The Kier molecular flexibility index (Phi) is 4.37. The zero-order chi connectivity index (χ0) is 14.0. The van der Waals surface area contributed by atoms with Crippen LogP contribution in [0.2, 0.25) is 5.02 Å². The molecule has 1 N–H and O–H groups in total. The van der Waals surface area contributed by atoms with E-state index >= 15 is 0 Å². The smallest absolute Gasteiger partial charge is 0.161 e. The van der Waals surface area contributed by atoms with Gasteiger partial charge in [0, 0.05) is 22.6 Å². The third kappa shape index (κ3) is 3.42. The van der Waals surface area contributed by atoms with Crippen molar-refractivity contribution >= 4 is 33.2 Å². The van der Waals surface area contributed by atoms with E-state index in [1.165, 1.54) is 0 Å². The molecule has 0 saturated heterocycles. The Bertz CT molecular complexity index is 619. The highest BCUT2D eigenvalue weighted by Crippen LogP contribution is 2.26. The predicted molar refractivity (Wildman–Crippen MR) is 72.8 cm³/mol. The molecule has 0 amide bonds. The highest BCUT2D eigenvalue weighted by atomic mass is 79.9. The van der Waals surface area contributed by atoms with Crippen LogP contribution in [0.5, 0.6) is 0 Å². The van der Waals surface area contributed by atoms with Crippen LogP contribution in [0.3, 0.4) is 0 Å². The first kappa shape index (κ1) is 14.2. The van der Waals surface area contributed by atoms with Crippen molar-refractivity contribution in [1.82, 2.24) is 0 Å². The van der Waals surface area contributed by atoms with Crippen LogP contribution < -0.4 is 5.32 Å². The normalized spacial score (nSPS) is 10.6. The summed E-state index contributed by atoms with van der Waals surface area (Å²) in [5, 5.41) is 3.30. The number of hydrogen-bond donors (Lipinski definition) is 1. The fourth-order valence-electron chi connectivity index (χ4n) is 1.52. The lowest BCUT2D eigenvalue weighted by Crippen LogP contribution is -2.04. The van der Waals surface area contributed by atoms with Crippen molar-refractivity contribution in [3.8, 4) is 0 Å². The summed E-state index contributed by atoms with van der Waals surface area (Å²) < 4.78 is 40.0. The lowest BCUT2D eigenvalue weighted by atomic mass is 10.2. The molecule has 0 saturated carbocycles. The van der Waals surface area contributed by atoms with Crippen molar-refractivity contribution in [3.63, 3.8) is 0 Å². The van der Waals surface area contributed by atoms with Crippen molar-refractivity contribution in [1.29, 1.82) is 0 Å². The molecule has 0 aromatic heterocycles. The van der Waals surface area contributed by atoms with Gasteiger partial charge in [0.2, 0.25) is 0 Å². The molecule has 100 valence electrons. The molecule has 0 aliphatic heterocycles. The number of nitrogens with one attached hydrogen (secondary N) is 1. The zero-order valence-corrected chi connectivity index (χ0v) is 11.8. The monoisotopic (exact) mass is 349 g/mol. The zero-order valence-electron chi connectivity index (χ0n) is 9.48. The summed E-state index contributed by atoms with van der Waals surface area (Å²) in [5.41, 5.74) is 0.604. The van der Waals surface area contributed by atoms with Crippen molar-refractivity contribution in [2.45, 2.75) is 6.54 Å². The van der Waals surface area contributed by atoms with E-state index in [4.69, 9.17) is 11.6 Å². The first-order valence-electron chi connectivity index (χ1n) is 5.29. The third-order valence-electron chi connectivity index (χ3n) is 2.49. The highest BCUT2D eigenvalue weighted by Gasteiger charge is 2.10. The largest absolute Gasteiger partial charge is 0.380 e. The average molecular weight is 351 g/mol. The molecule has 2 aromatic carbocycles. The van der Waals surface area contributed by atoms with E-state index in [2.05, 4.69) is 21.2 Å². The summed E-state index contributed by atoms with van der Waals surface area (Å²) in [5.74, 6) is -3.09. The van der Waals surface area contributed by atoms with Gasteiger partial charge in [-0.15, -0.1) is 0 Å². The minimum atomic E-state index is -1.21. The standard InChI is InChI=1S/C13H8BrClF3N/c14-8-1-2-13(9(15)4-8)19-6-7-3-11(17)12(18)5-10(7)16/h1-5,19H,6H2. The molecular weight excluding hydrogens is 343 g/mol. The fraction of sp³-hybridized carbons (Fsp3) is 0.0769. The number of hydrogen-bond acceptors (Lipinski definition) is 1. The first-order valence-corrected chi connectivity index (χ1v) is 6.47. The van der Waals surface area contributed by atoms with Crippen LogP contribution >= 0.6 is 27.5 Å². The van der Waals surface area contributed by atoms with Gasteiger partial charge in [0.1, 0.15) is 5.82 Å². The maximum atomic E-state index is 13.4. The van der Waals surface area contributed by atoms with Gasteiger partial charge < -0.3 is 5.32 Å². The van der Waals surface area contributed by atoms with Gasteiger partial charge in [-0.25, -0.2) is 13.2 Å². The number of halogens is 5. The summed E-state index contributed by atoms with van der Waals surface area (Å²) >= 11 is 9.23.